The van der Waals surface area contributed by atoms with E-state index in [2.05, 4.69) is 53.7 Å². The summed E-state index contributed by atoms with van der Waals surface area (Å²) in [7, 11) is 0. The zero-order chi connectivity index (χ0) is 15.0. The summed E-state index contributed by atoms with van der Waals surface area (Å²) in [5, 5.41) is 3.34. The number of aryl methyl sites for hydroxylation is 1. The third-order valence-electron chi connectivity index (χ3n) is 2.97. The van der Waals surface area contributed by atoms with Gasteiger partial charge in [0.1, 0.15) is 11.9 Å². The molecule has 1 heterocycles. The quantitative estimate of drug-likeness (QED) is 0.636. The Morgan fingerprint density at radius 1 is 1.15 bits per heavy atom. The van der Waals surface area contributed by atoms with Crippen molar-refractivity contribution in [3.63, 3.8) is 0 Å². The first-order valence-corrected chi connectivity index (χ1v) is 8.67. The van der Waals surface area contributed by atoms with Crippen LogP contribution >= 0.6 is 22.6 Å². The summed E-state index contributed by atoms with van der Waals surface area (Å²) < 4.78 is 6.96. The molecule has 114 valence electrons. The third kappa shape index (κ3) is 4.84. The molecule has 0 fully saturated rings. The molecule has 0 aromatic carbocycles. The van der Waals surface area contributed by atoms with Gasteiger partial charge in [0.05, 0.1) is 9.26 Å². The number of halogens is 1. The van der Waals surface area contributed by atoms with Crippen molar-refractivity contribution in [3.8, 4) is 0 Å². The van der Waals surface area contributed by atoms with Crippen LogP contribution in [0.4, 0.5) is 5.82 Å². The molecule has 1 rings (SSSR count). The van der Waals surface area contributed by atoms with Gasteiger partial charge >= 0.3 is 0 Å². The molecule has 0 aliphatic rings. The highest BCUT2D eigenvalue weighted by Gasteiger charge is 2.18. The van der Waals surface area contributed by atoms with E-state index in [-0.39, 0.29) is 6.10 Å². The normalized spacial score (nSPS) is 12.4. The van der Waals surface area contributed by atoms with Crippen molar-refractivity contribution in [1.82, 2.24) is 9.97 Å². The number of hydrogen-bond acceptors (Lipinski definition) is 4. The molecule has 20 heavy (non-hydrogen) atoms. The molecule has 5 heteroatoms. The van der Waals surface area contributed by atoms with Gasteiger partial charge in [-0.15, -0.1) is 0 Å². The predicted octanol–water partition coefficient (Wildman–Crippen LogP) is 4.34. The third-order valence-corrected chi connectivity index (χ3v) is 4.11. The maximum atomic E-state index is 5.82. The lowest BCUT2D eigenvalue weighted by Gasteiger charge is -2.18. The molecule has 4 nitrogen and oxygen atoms in total. The van der Waals surface area contributed by atoms with E-state index in [0.717, 1.165) is 53.1 Å². The lowest BCUT2D eigenvalue weighted by Crippen LogP contribution is -2.14. The highest BCUT2D eigenvalue weighted by molar-refractivity contribution is 14.1. The van der Waals surface area contributed by atoms with Gasteiger partial charge in [-0.05, 0) is 49.3 Å². The summed E-state index contributed by atoms with van der Waals surface area (Å²) in [4.78, 5) is 9.45. The van der Waals surface area contributed by atoms with Crippen molar-refractivity contribution >= 4 is 28.4 Å². The van der Waals surface area contributed by atoms with Gasteiger partial charge in [-0.25, -0.2) is 9.97 Å². The number of aromatic nitrogens is 2. The van der Waals surface area contributed by atoms with E-state index >= 15 is 0 Å². The molecule has 1 aromatic heterocycles. The van der Waals surface area contributed by atoms with Crippen LogP contribution in [0.1, 0.15) is 64.6 Å². The first-order valence-electron chi connectivity index (χ1n) is 7.59. The van der Waals surface area contributed by atoms with E-state index in [9.17, 15) is 0 Å². The van der Waals surface area contributed by atoms with Gasteiger partial charge in [0.15, 0.2) is 5.82 Å². The van der Waals surface area contributed by atoms with Crippen LogP contribution in [0.3, 0.4) is 0 Å². The second kappa shape index (κ2) is 9.50. The largest absolute Gasteiger partial charge is 0.371 e. The molecule has 0 radical (unpaired) electrons. The van der Waals surface area contributed by atoms with Crippen molar-refractivity contribution in [2.45, 2.75) is 59.5 Å². The molecule has 1 atom stereocenters. The van der Waals surface area contributed by atoms with Gasteiger partial charge in [0.25, 0.3) is 0 Å². The smallest absolute Gasteiger partial charge is 0.159 e. The second-order valence-electron chi connectivity index (χ2n) is 4.70. The van der Waals surface area contributed by atoms with Crippen LogP contribution in [0, 0.1) is 3.57 Å². The van der Waals surface area contributed by atoms with Gasteiger partial charge in [0, 0.05) is 13.2 Å². The van der Waals surface area contributed by atoms with Gasteiger partial charge in [0.2, 0.25) is 0 Å². The van der Waals surface area contributed by atoms with Crippen molar-refractivity contribution in [3.05, 3.63) is 15.1 Å². The molecule has 1 aromatic rings. The van der Waals surface area contributed by atoms with Crippen LogP contribution in [0.15, 0.2) is 0 Å². The van der Waals surface area contributed by atoms with Gasteiger partial charge in [-0.1, -0.05) is 26.7 Å². The molecule has 0 spiro atoms. The monoisotopic (exact) mass is 391 g/mol. The van der Waals surface area contributed by atoms with Crippen LogP contribution in [0.25, 0.3) is 0 Å². The van der Waals surface area contributed by atoms with Crippen molar-refractivity contribution in [2.75, 3.05) is 18.5 Å². The standard InChI is InChI=1S/C15H26IN3O/c1-5-9-11-13(16)15(17-7-3)19-14(18-11)12(10-6-2)20-8-4/h12H,5-10H2,1-4H3,(H,17,18,19). The molecule has 0 saturated carbocycles. The Labute approximate surface area is 136 Å². The molecule has 1 N–H and O–H groups in total. The van der Waals surface area contributed by atoms with Gasteiger partial charge in [-0.2, -0.15) is 0 Å². The topological polar surface area (TPSA) is 47.0 Å². The van der Waals surface area contributed by atoms with Crippen molar-refractivity contribution < 1.29 is 4.74 Å². The molecule has 0 aliphatic heterocycles. The van der Waals surface area contributed by atoms with Gasteiger partial charge in [-0.3, -0.25) is 0 Å². The molecule has 0 bridgehead atoms. The first-order chi connectivity index (χ1) is 9.67. The Kier molecular flexibility index (Phi) is 8.37. The first kappa shape index (κ1) is 17.6. The molecule has 0 saturated heterocycles. The van der Waals surface area contributed by atoms with Crippen LogP contribution in [0.2, 0.25) is 0 Å². The summed E-state index contributed by atoms with van der Waals surface area (Å²) in [6.07, 6.45) is 4.11. The minimum absolute atomic E-state index is 0.00927. The Morgan fingerprint density at radius 2 is 1.90 bits per heavy atom. The molecule has 0 aliphatic carbocycles. The second-order valence-corrected chi connectivity index (χ2v) is 5.78. The minimum atomic E-state index is 0.00927. The Bertz CT molecular complexity index is 379. The Morgan fingerprint density at radius 3 is 2.45 bits per heavy atom. The van der Waals surface area contributed by atoms with Crippen molar-refractivity contribution in [2.24, 2.45) is 0 Å². The summed E-state index contributed by atoms with van der Waals surface area (Å²) in [6, 6.07) is 0. The van der Waals surface area contributed by atoms with E-state index in [0.29, 0.717) is 6.61 Å². The predicted molar refractivity (Wildman–Crippen MR) is 92.2 cm³/mol. The van der Waals surface area contributed by atoms with E-state index < -0.39 is 0 Å². The number of ether oxygens (including phenoxy) is 1. The highest BCUT2D eigenvalue weighted by Crippen LogP contribution is 2.26. The zero-order valence-corrected chi connectivity index (χ0v) is 15.2. The Hall–Kier alpha value is -0.430. The fourth-order valence-corrected chi connectivity index (χ4v) is 2.80. The number of hydrogen-bond donors (Lipinski definition) is 1. The van der Waals surface area contributed by atoms with E-state index in [4.69, 9.17) is 9.72 Å². The number of nitrogens with zero attached hydrogens (tertiary/aromatic N) is 2. The summed E-state index contributed by atoms with van der Waals surface area (Å²) in [5.74, 6) is 1.77. The fraction of sp³-hybridized carbons (Fsp3) is 0.733. The SMILES string of the molecule is CCCc1nc(C(CCC)OCC)nc(NCC)c1I. The van der Waals surface area contributed by atoms with Crippen LogP contribution in [0.5, 0.6) is 0 Å². The molecule has 1 unspecified atom stereocenters. The Balaban J connectivity index is 3.15. The number of rotatable bonds is 9. The summed E-state index contributed by atoms with van der Waals surface area (Å²) in [5.41, 5.74) is 1.13. The average molecular weight is 391 g/mol. The number of nitrogens with one attached hydrogen (secondary N) is 1. The van der Waals surface area contributed by atoms with Crippen LogP contribution in [-0.2, 0) is 11.2 Å². The van der Waals surface area contributed by atoms with Crippen molar-refractivity contribution in [1.29, 1.82) is 0 Å². The zero-order valence-electron chi connectivity index (χ0n) is 13.0. The maximum absolute atomic E-state index is 5.82. The van der Waals surface area contributed by atoms with Crippen LogP contribution < -0.4 is 5.32 Å². The molecular formula is C15H26IN3O. The lowest BCUT2D eigenvalue weighted by atomic mass is 10.1. The lowest BCUT2D eigenvalue weighted by molar-refractivity contribution is 0.0493. The van der Waals surface area contributed by atoms with E-state index in [1.165, 1.54) is 0 Å². The van der Waals surface area contributed by atoms with Gasteiger partial charge < -0.3 is 10.1 Å². The molecular weight excluding hydrogens is 365 g/mol. The fourth-order valence-electron chi connectivity index (χ4n) is 2.09. The number of anilines is 1. The van der Waals surface area contributed by atoms with E-state index in [1.54, 1.807) is 0 Å². The molecule has 0 amide bonds. The van der Waals surface area contributed by atoms with Crippen LogP contribution in [-0.4, -0.2) is 23.1 Å². The average Bonchev–Trinajstić information content (AvgIpc) is 2.43. The summed E-state index contributed by atoms with van der Waals surface area (Å²) in [6.45, 7) is 10.0. The minimum Gasteiger partial charge on any atom is -0.371 e. The van der Waals surface area contributed by atoms with E-state index in [1.807, 2.05) is 6.92 Å². The maximum Gasteiger partial charge on any atom is 0.159 e. The summed E-state index contributed by atoms with van der Waals surface area (Å²) >= 11 is 2.34. The highest BCUT2D eigenvalue weighted by atomic mass is 127.